The molecule has 1 aliphatic rings. The van der Waals surface area contributed by atoms with Crippen molar-refractivity contribution in [1.29, 1.82) is 5.26 Å². The summed E-state index contributed by atoms with van der Waals surface area (Å²) < 4.78 is 16.4. The van der Waals surface area contributed by atoms with Crippen molar-refractivity contribution in [3.8, 4) is 11.8 Å². The molecule has 2 heterocycles. The van der Waals surface area contributed by atoms with Gasteiger partial charge in [-0.15, -0.1) is 0 Å². The van der Waals surface area contributed by atoms with Crippen molar-refractivity contribution in [2.45, 2.75) is 25.6 Å². The van der Waals surface area contributed by atoms with Crippen LogP contribution in [0.1, 0.15) is 24.8 Å². The number of nitriles is 1. The first kappa shape index (κ1) is 13.6. The molecular weight excluding hydrogens is 246 g/mol. The summed E-state index contributed by atoms with van der Waals surface area (Å²) in [6.07, 6.45) is 4.42. The van der Waals surface area contributed by atoms with E-state index in [1.54, 1.807) is 0 Å². The molecule has 0 saturated carbocycles. The molecular formula is C13H17N3O3. The second-order valence-electron chi connectivity index (χ2n) is 4.23. The van der Waals surface area contributed by atoms with Gasteiger partial charge in [-0.05, 0) is 19.3 Å². The Balaban J connectivity index is 1.76. The van der Waals surface area contributed by atoms with Crippen molar-refractivity contribution in [3.63, 3.8) is 0 Å². The third-order valence-corrected chi connectivity index (χ3v) is 2.79. The Morgan fingerprint density at radius 2 is 2.37 bits per heavy atom. The van der Waals surface area contributed by atoms with Crippen LogP contribution < -0.4 is 10.5 Å². The maximum absolute atomic E-state index is 8.91. The highest BCUT2D eigenvalue weighted by Gasteiger charge is 2.13. The minimum Gasteiger partial charge on any atom is -0.490 e. The third-order valence-electron chi connectivity index (χ3n) is 2.79. The van der Waals surface area contributed by atoms with E-state index in [0.29, 0.717) is 30.3 Å². The summed E-state index contributed by atoms with van der Waals surface area (Å²) in [5, 5.41) is 8.91. The largest absolute Gasteiger partial charge is 0.490 e. The quantitative estimate of drug-likeness (QED) is 0.809. The highest BCUT2D eigenvalue weighted by atomic mass is 16.7. The first-order valence-corrected chi connectivity index (χ1v) is 6.31. The van der Waals surface area contributed by atoms with Crippen molar-refractivity contribution >= 4 is 5.82 Å². The minimum atomic E-state index is -0.129. The van der Waals surface area contributed by atoms with Gasteiger partial charge in [-0.2, -0.15) is 5.26 Å². The van der Waals surface area contributed by atoms with Gasteiger partial charge in [-0.3, -0.25) is 0 Å². The zero-order chi connectivity index (χ0) is 13.5. The van der Waals surface area contributed by atoms with E-state index in [2.05, 4.69) is 4.98 Å². The van der Waals surface area contributed by atoms with Crippen LogP contribution in [0.3, 0.4) is 0 Å². The smallest absolute Gasteiger partial charge is 0.157 e. The van der Waals surface area contributed by atoms with Gasteiger partial charge in [0.25, 0.3) is 0 Å². The summed E-state index contributed by atoms with van der Waals surface area (Å²) in [6, 6.07) is 3.54. The molecule has 0 radical (unpaired) electrons. The number of nitrogen functional groups attached to an aromatic ring is 1. The molecule has 6 heteroatoms. The summed E-state index contributed by atoms with van der Waals surface area (Å²) in [6.45, 7) is 1.51. The lowest BCUT2D eigenvalue weighted by Crippen LogP contribution is -2.24. The lowest BCUT2D eigenvalue weighted by molar-refractivity contribution is -0.165. The normalized spacial score (nSPS) is 18.8. The number of nitrogens with two attached hydrogens (primary N) is 1. The van der Waals surface area contributed by atoms with E-state index in [1.807, 2.05) is 6.07 Å². The van der Waals surface area contributed by atoms with Crippen molar-refractivity contribution in [2.24, 2.45) is 0 Å². The minimum absolute atomic E-state index is 0.129. The van der Waals surface area contributed by atoms with Crippen LogP contribution in [0.5, 0.6) is 5.75 Å². The fourth-order valence-corrected chi connectivity index (χ4v) is 1.83. The lowest BCUT2D eigenvalue weighted by Gasteiger charge is -2.22. The first-order chi connectivity index (χ1) is 9.29. The van der Waals surface area contributed by atoms with E-state index in [9.17, 15) is 0 Å². The number of rotatable bonds is 5. The van der Waals surface area contributed by atoms with E-state index in [4.69, 9.17) is 25.2 Å². The molecule has 102 valence electrons. The van der Waals surface area contributed by atoms with Crippen LogP contribution in [0.4, 0.5) is 5.82 Å². The molecule has 1 fully saturated rings. The molecule has 1 aromatic rings. The molecule has 1 aromatic heterocycles. The molecule has 1 aliphatic heterocycles. The van der Waals surface area contributed by atoms with Crippen molar-refractivity contribution < 1.29 is 14.2 Å². The monoisotopic (exact) mass is 263 g/mol. The molecule has 6 nitrogen and oxygen atoms in total. The van der Waals surface area contributed by atoms with E-state index in [1.165, 1.54) is 12.3 Å². The summed E-state index contributed by atoms with van der Waals surface area (Å²) in [7, 11) is 0. The molecule has 0 spiro atoms. The second-order valence-corrected chi connectivity index (χ2v) is 4.23. The Bertz CT molecular complexity index is 453. The van der Waals surface area contributed by atoms with Crippen molar-refractivity contribution in [1.82, 2.24) is 4.98 Å². The van der Waals surface area contributed by atoms with Crippen molar-refractivity contribution in [2.75, 3.05) is 25.6 Å². The SMILES string of the molecule is N#Cc1cnc(N)cc1OCCO[C@@H]1CCCCO1. The van der Waals surface area contributed by atoms with Gasteiger partial charge in [0.15, 0.2) is 6.29 Å². The average molecular weight is 263 g/mol. The summed E-state index contributed by atoms with van der Waals surface area (Å²) in [4.78, 5) is 3.84. The molecule has 19 heavy (non-hydrogen) atoms. The van der Waals surface area contributed by atoms with Gasteiger partial charge in [-0.25, -0.2) is 4.98 Å². The van der Waals surface area contributed by atoms with E-state index >= 15 is 0 Å². The summed E-state index contributed by atoms with van der Waals surface area (Å²) in [5.41, 5.74) is 5.92. The topological polar surface area (TPSA) is 90.4 Å². The predicted octanol–water partition coefficient (Wildman–Crippen LogP) is 1.46. The number of pyridine rings is 1. The Morgan fingerprint density at radius 3 is 3.11 bits per heavy atom. The maximum Gasteiger partial charge on any atom is 0.157 e. The van der Waals surface area contributed by atoms with Gasteiger partial charge < -0.3 is 19.9 Å². The number of hydrogen-bond acceptors (Lipinski definition) is 6. The molecule has 1 saturated heterocycles. The summed E-state index contributed by atoms with van der Waals surface area (Å²) in [5.74, 6) is 0.758. The molecule has 0 aromatic carbocycles. The molecule has 0 bridgehead atoms. The van der Waals surface area contributed by atoms with Crippen LogP contribution in [0, 0.1) is 11.3 Å². The van der Waals surface area contributed by atoms with Gasteiger partial charge >= 0.3 is 0 Å². The van der Waals surface area contributed by atoms with Crippen LogP contribution in [0.2, 0.25) is 0 Å². The van der Waals surface area contributed by atoms with E-state index < -0.39 is 0 Å². The Labute approximate surface area is 112 Å². The fourth-order valence-electron chi connectivity index (χ4n) is 1.83. The number of anilines is 1. The van der Waals surface area contributed by atoms with Gasteiger partial charge in [0, 0.05) is 12.7 Å². The molecule has 2 rings (SSSR count). The summed E-state index contributed by atoms with van der Waals surface area (Å²) >= 11 is 0. The molecule has 2 N–H and O–H groups in total. The van der Waals surface area contributed by atoms with Crippen LogP contribution in [-0.2, 0) is 9.47 Å². The van der Waals surface area contributed by atoms with Crippen LogP contribution in [-0.4, -0.2) is 31.1 Å². The standard InChI is InChI=1S/C13H17N3O3/c14-8-10-9-16-12(15)7-11(10)17-5-6-19-13-3-1-2-4-18-13/h7,9,13H,1-6H2,(H2,15,16)/t13-/m1/s1. The molecule has 0 unspecified atom stereocenters. The second kappa shape index (κ2) is 6.92. The maximum atomic E-state index is 8.91. The van der Waals surface area contributed by atoms with Crippen LogP contribution >= 0.6 is 0 Å². The van der Waals surface area contributed by atoms with Gasteiger partial charge in [0.05, 0.1) is 12.8 Å². The third kappa shape index (κ3) is 4.09. The predicted molar refractivity (Wildman–Crippen MR) is 68.4 cm³/mol. The van der Waals surface area contributed by atoms with Gasteiger partial charge in [0.2, 0.25) is 0 Å². The lowest BCUT2D eigenvalue weighted by atomic mass is 10.2. The van der Waals surface area contributed by atoms with Gasteiger partial charge in [-0.1, -0.05) is 0 Å². The fraction of sp³-hybridized carbons (Fsp3) is 0.538. The Kier molecular flexibility index (Phi) is 4.95. The zero-order valence-electron chi connectivity index (χ0n) is 10.7. The molecule has 1 atom stereocenters. The highest BCUT2D eigenvalue weighted by Crippen LogP contribution is 2.19. The van der Waals surface area contributed by atoms with E-state index in [-0.39, 0.29) is 6.29 Å². The number of hydrogen-bond donors (Lipinski definition) is 1. The number of ether oxygens (including phenoxy) is 3. The number of nitrogens with zero attached hydrogens (tertiary/aromatic N) is 2. The Morgan fingerprint density at radius 1 is 1.47 bits per heavy atom. The highest BCUT2D eigenvalue weighted by molar-refractivity contribution is 5.47. The molecule has 0 amide bonds. The van der Waals surface area contributed by atoms with Crippen LogP contribution in [0.25, 0.3) is 0 Å². The first-order valence-electron chi connectivity index (χ1n) is 6.31. The van der Waals surface area contributed by atoms with E-state index in [0.717, 1.165) is 25.9 Å². The van der Waals surface area contributed by atoms with Crippen molar-refractivity contribution in [3.05, 3.63) is 17.8 Å². The zero-order valence-corrected chi connectivity index (χ0v) is 10.7. The van der Waals surface area contributed by atoms with Gasteiger partial charge in [0.1, 0.15) is 29.8 Å². The Hall–Kier alpha value is -1.84. The number of aromatic nitrogens is 1. The van der Waals surface area contributed by atoms with Crippen LogP contribution in [0.15, 0.2) is 12.3 Å². The average Bonchev–Trinajstić information content (AvgIpc) is 2.45. The molecule has 0 aliphatic carbocycles.